The van der Waals surface area contributed by atoms with Gasteiger partial charge in [0.05, 0.1) is 18.3 Å². The number of benzene rings is 2. The Morgan fingerprint density at radius 2 is 1.71 bits per heavy atom. The quantitative estimate of drug-likeness (QED) is 0.853. The standard InChI is InChI=1S/C17H19FO3/c1-3-11-20-14-8-4-5-9-15(14)21-16-10-6-7-13(18)17(16)12(2)19/h4-10,12,19H,3,11H2,1-2H3. The van der Waals surface area contributed by atoms with Crippen molar-refractivity contribution in [2.24, 2.45) is 0 Å². The predicted molar refractivity (Wildman–Crippen MR) is 79.3 cm³/mol. The summed E-state index contributed by atoms with van der Waals surface area (Å²) < 4.78 is 25.2. The zero-order valence-corrected chi connectivity index (χ0v) is 12.2. The minimum atomic E-state index is -0.954. The van der Waals surface area contributed by atoms with E-state index in [0.717, 1.165) is 6.42 Å². The molecule has 21 heavy (non-hydrogen) atoms. The van der Waals surface area contributed by atoms with E-state index < -0.39 is 11.9 Å². The smallest absolute Gasteiger partial charge is 0.169 e. The van der Waals surface area contributed by atoms with Gasteiger partial charge in [0.25, 0.3) is 0 Å². The minimum absolute atomic E-state index is 0.141. The maximum absolute atomic E-state index is 13.8. The molecule has 0 saturated carbocycles. The first-order valence-electron chi connectivity index (χ1n) is 6.99. The van der Waals surface area contributed by atoms with Gasteiger partial charge < -0.3 is 14.6 Å². The number of ether oxygens (including phenoxy) is 2. The number of hydrogen-bond acceptors (Lipinski definition) is 3. The Hall–Kier alpha value is -2.07. The van der Waals surface area contributed by atoms with Gasteiger partial charge in [-0.2, -0.15) is 0 Å². The Labute approximate surface area is 124 Å². The summed E-state index contributed by atoms with van der Waals surface area (Å²) in [7, 11) is 0. The SMILES string of the molecule is CCCOc1ccccc1Oc1cccc(F)c1C(C)O. The Bertz CT molecular complexity index is 596. The van der Waals surface area contributed by atoms with Crippen LogP contribution in [0.3, 0.4) is 0 Å². The number of aliphatic hydroxyl groups is 1. The van der Waals surface area contributed by atoms with Crippen LogP contribution in [0.2, 0.25) is 0 Å². The van der Waals surface area contributed by atoms with Crippen LogP contribution in [-0.2, 0) is 0 Å². The van der Waals surface area contributed by atoms with Gasteiger partial charge >= 0.3 is 0 Å². The molecule has 0 spiro atoms. The van der Waals surface area contributed by atoms with Gasteiger partial charge in [0, 0.05) is 0 Å². The van der Waals surface area contributed by atoms with Crippen molar-refractivity contribution in [1.82, 2.24) is 0 Å². The number of rotatable bonds is 6. The lowest BCUT2D eigenvalue weighted by atomic mass is 10.1. The zero-order chi connectivity index (χ0) is 15.2. The summed E-state index contributed by atoms with van der Waals surface area (Å²) >= 11 is 0. The third kappa shape index (κ3) is 3.73. The van der Waals surface area contributed by atoms with Crippen molar-refractivity contribution in [1.29, 1.82) is 0 Å². The van der Waals surface area contributed by atoms with E-state index in [2.05, 4.69) is 0 Å². The molecule has 0 amide bonds. The van der Waals surface area contributed by atoms with E-state index in [9.17, 15) is 9.50 Å². The van der Waals surface area contributed by atoms with E-state index in [1.807, 2.05) is 19.1 Å². The van der Waals surface area contributed by atoms with Crippen LogP contribution in [-0.4, -0.2) is 11.7 Å². The molecular formula is C17H19FO3. The van der Waals surface area contributed by atoms with Crippen molar-refractivity contribution < 1.29 is 19.0 Å². The highest BCUT2D eigenvalue weighted by Crippen LogP contribution is 2.36. The van der Waals surface area contributed by atoms with E-state index >= 15 is 0 Å². The molecule has 0 fully saturated rings. The first kappa shape index (κ1) is 15.3. The molecule has 112 valence electrons. The molecular weight excluding hydrogens is 271 g/mol. The van der Waals surface area contributed by atoms with Crippen LogP contribution in [0.15, 0.2) is 42.5 Å². The zero-order valence-electron chi connectivity index (χ0n) is 12.2. The van der Waals surface area contributed by atoms with E-state index in [-0.39, 0.29) is 11.3 Å². The topological polar surface area (TPSA) is 38.7 Å². The normalized spacial score (nSPS) is 12.0. The van der Waals surface area contributed by atoms with Gasteiger partial charge in [-0.25, -0.2) is 4.39 Å². The predicted octanol–water partition coefficient (Wildman–Crippen LogP) is 4.46. The molecule has 4 heteroatoms. The average molecular weight is 290 g/mol. The van der Waals surface area contributed by atoms with Crippen LogP contribution >= 0.6 is 0 Å². The summed E-state index contributed by atoms with van der Waals surface area (Å²) in [6.45, 7) is 4.10. The average Bonchev–Trinajstić information content (AvgIpc) is 2.46. The van der Waals surface area contributed by atoms with Gasteiger partial charge in [0.1, 0.15) is 11.6 Å². The highest BCUT2D eigenvalue weighted by molar-refractivity contribution is 5.45. The van der Waals surface area contributed by atoms with Gasteiger partial charge in [0.15, 0.2) is 11.5 Å². The van der Waals surface area contributed by atoms with Crippen molar-refractivity contribution in [2.75, 3.05) is 6.61 Å². The Kier molecular flexibility index (Phi) is 5.17. The maximum Gasteiger partial charge on any atom is 0.169 e. The lowest BCUT2D eigenvalue weighted by molar-refractivity contribution is 0.190. The van der Waals surface area contributed by atoms with Gasteiger partial charge in [0.2, 0.25) is 0 Å². The molecule has 0 aromatic heterocycles. The fourth-order valence-electron chi connectivity index (χ4n) is 2.00. The fraction of sp³-hybridized carbons (Fsp3) is 0.294. The molecule has 0 aliphatic carbocycles. The van der Waals surface area contributed by atoms with Gasteiger partial charge in [-0.3, -0.25) is 0 Å². The van der Waals surface area contributed by atoms with Crippen molar-refractivity contribution in [2.45, 2.75) is 26.4 Å². The molecule has 0 aliphatic heterocycles. The fourth-order valence-corrected chi connectivity index (χ4v) is 2.00. The molecule has 1 N–H and O–H groups in total. The van der Waals surface area contributed by atoms with Crippen LogP contribution in [0.25, 0.3) is 0 Å². The molecule has 0 bridgehead atoms. The second-order valence-corrected chi connectivity index (χ2v) is 4.72. The van der Waals surface area contributed by atoms with E-state index in [1.165, 1.54) is 13.0 Å². The van der Waals surface area contributed by atoms with Crippen LogP contribution in [0.5, 0.6) is 17.2 Å². The third-order valence-electron chi connectivity index (χ3n) is 2.96. The molecule has 1 atom stereocenters. The number of hydrogen-bond donors (Lipinski definition) is 1. The summed E-state index contributed by atoms with van der Waals surface area (Å²) in [5, 5.41) is 9.72. The Morgan fingerprint density at radius 3 is 2.38 bits per heavy atom. The largest absolute Gasteiger partial charge is 0.490 e. The minimum Gasteiger partial charge on any atom is -0.490 e. The maximum atomic E-state index is 13.8. The summed E-state index contributed by atoms with van der Waals surface area (Å²) in [6, 6.07) is 11.7. The van der Waals surface area contributed by atoms with Crippen LogP contribution in [0.1, 0.15) is 31.9 Å². The van der Waals surface area contributed by atoms with E-state index in [0.29, 0.717) is 18.1 Å². The molecule has 0 saturated heterocycles. The summed E-state index contributed by atoms with van der Waals surface area (Å²) in [5.74, 6) is 0.894. The number of halogens is 1. The van der Waals surface area contributed by atoms with Crippen molar-refractivity contribution >= 4 is 0 Å². The molecule has 2 aromatic carbocycles. The van der Waals surface area contributed by atoms with E-state index in [1.54, 1.807) is 24.3 Å². The molecule has 3 nitrogen and oxygen atoms in total. The summed E-state index contributed by atoms with van der Waals surface area (Å²) in [5.41, 5.74) is 0.141. The van der Waals surface area contributed by atoms with Crippen molar-refractivity contribution in [3.05, 3.63) is 53.8 Å². The summed E-state index contributed by atoms with van der Waals surface area (Å²) in [4.78, 5) is 0. The highest BCUT2D eigenvalue weighted by atomic mass is 19.1. The van der Waals surface area contributed by atoms with Crippen molar-refractivity contribution in [3.8, 4) is 17.2 Å². The molecule has 0 aliphatic rings. The second kappa shape index (κ2) is 7.09. The molecule has 0 radical (unpaired) electrons. The number of para-hydroxylation sites is 2. The molecule has 2 aromatic rings. The van der Waals surface area contributed by atoms with Crippen LogP contribution < -0.4 is 9.47 Å². The van der Waals surface area contributed by atoms with Crippen LogP contribution in [0, 0.1) is 5.82 Å². The first-order valence-corrected chi connectivity index (χ1v) is 6.99. The summed E-state index contributed by atoms with van der Waals surface area (Å²) in [6.07, 6.45) is -0.0716. The third-order valence-corrected chi connectivity index (χ3v) is 2.96. The Morgan fingerprint density at radius 1 is 1.05 bits per heavy atom. The molecule has 1 unspecified atom stereocenters. The second-order valence-electron chi connectivity index (χ2n) is 4.72. The van der Waals surface area contributed by atoms with Gasteiger partial charge in [-0.05, 0) is 37.6 Å². The van der Waals surface area contributed by atoms with Crippen molar-refractivity contribution in [3.63, 3.8) is 0 Å². The molecule has 2 rings (SSSR count). The number of aliphatic hydroxyl groups excluding tert-OH is 1. The van der Waals surface area contributed by atoms with Crippen LogP contribution in [0.4, 0.5) is 4.39 Å². The van der Waals surface area contributed by atoms with Gasteiger partial charge in [-0.15, -0.1) is 0 Å². The first-order chi connectivity index (χ1) is 10.1. The molecule has 0 heterocycles. The lowest BCUT2D eigenvalue weighted by Crippen LogP contribution is -2.01. The monoisotopic (exact) mass is 290 g/mol. The lowest BCUT2D eigenvalue weighted by Gasteiger charge is -2.16. The van der Waals surface area contributed by atoms with E-state index in [4.69, 9.17) is 9.47 Å². The highest BCUT2D eigenvalue weighted by Gasteiger charge is 2.16. The Balaban J connectivity index is 2.32. The van der Waals surface area contributed by atoms with Gasteiger partial charge in [-0.1, -0.05) is 25.1 Å².